The number of rotatable bonds is 8. The normalized spacial score (nSPS) is 14.0. The molecular weight excluding hydrogens is 472 g/mol. The van der Waals surface area contributed by atoms with E-state index in [9.17, 15) is 35.9 Å². The molecule has 0 saturated carbocycles. The van der Waals surface area contributed by atoms with Gasteiger partial charge in [-0.25, -0.2) is 0 Å². The van der Waals surface area contributed by atoms with Gasteiger partial charge in [0.15, 0.2) is 6.29 Å². The number of allylic oxidation sites excluding steroid dienone is 1. The van der Waals surface area contributed by atoms with Crippen molar-refractivity contribution in [3.05, 3.63) is 59.4 Å². The highest BCUT2D eigenvalue weighted by Gasteiger charge is 2.40. The Kier molecular flexibility index (Phi) is 8.21. The Labute approximate surface area is 189 Å². The molecule has 1 aromatic carbocycles. The molecule has 1 aromatic heterocycles. The van der Waals surface area contributed by atoms with E-state index in [1.165, 1.54) is 28.3 Å². The molecule has 14 heteroatoms. The second kappa shape index (κ2) is 10.5. The fourth-order valence-electron chi connectivity index (χ4n) is 2.57. The molecule has 184 valence electrons. The second-order valence-electron chi connectivity index (χ2n) is 6.92. The zero-order chi connectivity index (χ0) is 25.7. The number of hydrazone groups is 1. The van der Waals surface area contributed by atoms with Crippen molar-refractivity contribution in [3.63, 3.8) is 0 Å². The number of aryl methyl sites for hydroxylation is 1. The van der Waals surface area contributed by atoms with E-state index < -0.39 is 42.0 Å². The largest absolute Gasteiger partial charge is 0.416 e. The number of carbonyl (C=O) groups is 2. The number of nitrogens with one attached hydrogen (secondary N) is 1. The van der Waals surface area contributed by atoms with Crippen molar-refractivity contribution >= 4 is 23.6 Å². The SMILES string of the molecule is CN(/N=C(\C=C(/C=O)C(=O)N[C@H](CO)C(F)(F)F)c1ccc(C(F)(F)F)cc1)c1cnn(C)c1. The number of aldehydes is 1. The van der Waals surface area contributed by atoms with Gasteiger partial charge < -0.3 is 10.4 Å². The van der Waals surface area contributed by atoms with Crippen LogP contribution in [0.3, 0.4) is 0 Å². The Morgan fingerprint density at radius 2 is 1.85 bits per heavy atom. The third kappa shape index (κ3) is 6.91. The van der Waals surface area contributed by atoms with Gasteiger partial charge >= 0.3 is 12.4 Å². The maximum Gasteiger partial charge on any atom is 0.416 e. The van der Waals surface area contributed by atoms with Gasteiger partial charge in [-0.2, -0.15) is 36.5 Å². The number of nitrogens with zero attached hydrogens (tertiary/aromatic N) is 4. The average molecular weight is 491 g/mol. The Bertz CT molecular complexity index is 1070. The molecule has 0 bridgehead atoms. The standard InChI is InChI=1S/C20H19F6N5O3/c1-30-9-15(8-27-30)31(2)29-16(12-3-5-14(6-4-12)19(21,22)23)7-13(10-32)18(34)28-17(11-33)20(24,25)26/h3-10,17,33H,11H2,1-2H3,(H,28,34)/b13-7+,29-16+/t17-/m1/s1. The van der Waals surface area contributed by atoms with Crippen LogP contribution in [0.1, 0.15) is 11.1 Å². The average Bonchev–Trinajstić information content (AvgIpc) is 3.19. The molecule has 0 aliphatic heterocycles. The first-order valence-corrected chi connectivity index (χ1v) is 9.40. The Balaban J connectivity index is 2.51. The minimum Gasteiger partial charge on any atom is -0.394 e. The molecule has 8 nitrogen and oxygen atoms in total. The summed E-state index contributed by atoms with van der Waals surface area (Å²) in [5.41, 5.74) is -1.52. The summed E-state index contributed by atoms with van der Waals surface area (Å²) in [4.78, 5) is 23.7. The number of hydrogen-bond acceptors (Lipinski definition) is 6. The Hall–Kier alpha value is -3.68. The van der Waals surface area contributed by atoms with Gasteiger partial charge in [-0.3, -0.25) is 19.3 Å². The molecule has 0 unspecified atom stereocenters. The van der Waals surface area contributed by atoms with Gasteiger partial charge in [-0.1, -0.05) is 12.1 Å². The van der Waals surface area contributed by atoms with E-state index in [4.69, 9.17) is 5.11 Å². The van der Waals surface area contributed by atoms with Crippen LogP contribution in [-0.4, -0.2) is 58.7 Å². The van der Waals surface area contributed by atoms with Crippen LogP contribution in [0.5, 0.6) is 0 Å². The van der Waals surface area contributed by atoms with Crippen molar-refractivity contribution < 1.29 is 41.0 Å². The highest BCUT2D eigenvalue weighted by Crippen LogP contribution is 2.29. The number of halogens is 6. The van der Waals surface area contributed by atoms with Gasteiger partial charge in [0.2, 0.25) is 0 Å². The van der Waals surface area contributed by atoms with Crippen LogP contribution in [0.25, 0.3) is 0 Å². The number of aliphatic hydroxyl groups is 1. The molecule has 1 heterocycles. The summed E-state index contributed by atoms with van der Waals surface area (Å²) in [5, 5.41) is 19.7. The van der Waals surface area contributed by atoms with Gasteiger partial charge in [0, 0.05) is 25.9 Å². The number of anilines is 1. The van der Waals surface area contributed by atoms with Gasteiger partial charge in [-0.05, 0) is 18.2 Å². The number of hydrogen-bond donors (Lipinski definition) is 2. The van der Waals surface area contributed by atoms with Crippen LogP contribution >= 0.6 is 0 Å². The highest BCUT2D eigenvalue weighted by molar-refractivity contribution is 6.19. The first-order valence-electron chi connectivity index (χ1n) is 9.40. The van der Waals surface area contributed by atoms with Gasteiger partial charge in [0.25, 0.3) is 5.91 Å². The van der Waals surface area contributed by atoms with Crippen LogP contribution < -0.4 is 10.3 Å². The van der Waals surface area contributed by atoms with Crippen LogP contribution in [0.15, 0.2) is 53.4 Å². The number of aromatic nitrogens is 2. The number of aliphatic hydroxyl groups excluding tert-OH is 1. The van der Waals surface area contributed by atoms with Crippen LogP contribution in [-0.2, 0) is 22.8 Å². The van der Waals surface area contributed by atoms with E-state index in [0.717, 1.165) is 30.3 Å². The van der Waals surface area contributed by atoms with Gasteiger partial charge in [0.05, 0.1) is 35.3 Å². The topological polar surface area (TPSA) is 99.8 Å². The number of carbonyl (C=O) groups excluding carboxylic acids is 2. The number of benzene rings is 1. The van der Waals surface area contributed by atoms with Crippen LogP contribution in [0.4, 0.5) is 32.0 Å². The van der Waals surface area contributed by atoms with Crippen molar-refractivity contribution in [1.29, 1.82) is 0 Å². The predicted molar refractivity (Wildman–Crippen MR) is 109 cm³/mol. The molecule has 0 saturated heterocycles. The first-order chi connectivity index (χ1) is 15.8. The lowest BCUT2D eigenvalue weighted by Crippen LogP contribution is -2.48. The lowest BCUT2D eigenvalue weighted by atomic mass is 10.0. The first kappa shape index (κ1) is 26.6. The van der Waals surface area contributed by atoms with E-state index in [1.807, 2.05) is 0 Å². The smallest absolute Gasteiger partial charge is 0.394 e. The van der Waals surface area contributed by atoms with E-state index in [2.05, 4.69) is 10.2 Å². The van der Waals surface area contributed by atoms with Crippen LogP contribution in [0.2, 0.25) is 0 Å². The second-order valence-corrected chi connectivity index (χ2v) is 6.92. The summed E-state index contributed by atoms with van der Waals surface area (Å²) in [7, 11) is 3.06. The molecule has 2 aromatic rings. The molecular formula is C20H19F6N5O3. The van der Waals surface area contributed by atoms with Crippen LogP contribution in [0, 0.1) is 0 Å². The quantitative estimate of drug-likeness (QED) is 0.112. The number of alkyl halides is 6. The summed E-state index contributed by atoms with van der Waals surface area (Å²) in [6.07, 6.45) is -5.88. The highest BCUT2D eigenvalue weighted by atomic mass is 19.4. The number of amides is 1. The predicted octanol–water partition coefficient (Wildman–Crippen LogP) is 2.44. The molecule has 1 amide bonds. The lowest BCUT2D eigenvalue weighted by molar-refractivity contribution is -0.167. The van der Waals surface area contributed by atoms with Gasteiger partial charge in [0.1, 0.15) is 6.04 Å². The molecule has 1 atom stereocenters. The zero-order valence-corrected chi connectivity index (χ0v) is 17.7. The van der Waals surface area contributed by atoms with E-state index in [-0.39, 0.29) is 17.6 Å². The fourth-order valence-corrected chi connectivity index (χ4v) is 2.57. The zero-order valence-electron chi connectivity index (χ0n) is 17.7. The van der Waals surface area contributed by atoms with E-state index in [1.54, 1.807) is 13.2 Å². The summed E-state index contributed by atoms with van der Waals surface area (Å²) in [6, 6.07) is 0.917. The fraction of sp³-hybridized carbons (Fsp3) is 0.300. The summed E-state index contributed by atoms with van der Waals surface area (Å²) < 4.78 is 78.7. The van der Waals surface area contributed by atoms with Crippen molar-refractivity contribution in [2.24, 2.45) is 12.1 Å². The monoisotopic (exact) mass is 491 g/mol. The molecule has 0 fully saturated rings. The summed E-state index contributed by atoms with van der Waals surface area (Å²) >= 11 is 0. The molecule has 2 rings (SSSR count). The third-order valence-electron chi connectivity index (χ3n) is 4.40. The minimum absolute atomic E-state index is 0.0328. The van der Waals surface area contributed by atoms with Crippen molar-refractivity contribution in [3.8, 4) is 0 Å². The molecule has 0 radical (unpaired) electrons. The van der Waals surface area contributed by atoms with Gasteiger partial charge in [-0.15, -0.1) is 0 Å². The van der Waals surface area contributed by atoms with E-state index >= 15 is 0 Å². The minimum atomic E-state index is -4.98. The van der Waals surface area contributed by atoms with Crippen molar-refractivity contribution in [2.45, 2.75) is 18.4 Å². The Morgan fingerprint density at radius 1 is 1.24 bits per heavy atom. The Morgan fingerprint density at radius 3 is 2.29 bits per heavy atom. The molecule has 2 N–H and O–H groups in total. The van der Waals surface area contributed by atoms with Crippen molar-refractivity contribution in [1.82, 2.24) is 15.1 Å². The molecule has 0 aliphatic rings. The maximum absolute atomic E-state index is 12.9. The molecule has 34 heavy (non-hydrogen) atoms. The van der Waals surface area contributed by atoms with Crippen molar-refractivity contribution in [2.75, 3.05) is 18.7 Å². The molecule has 0 spiro atoms. The third-order valence-corrected chi connectivity index (χ3v) is 4.40. The summed E-state index contributed by atoms with van der Waals surface area (Å²) in [5.74, 6) is -1.46. The molecule has 0 aliphatic carbocycles. The maximum atomic E-state index is 12.9. The lowest BCUT2D eigenvalue weighted by Gasteiger charge is -2.19. The summed E-state index contributed by atoms with van der Waals surface area (Å²) in [6.45, 7) is -1.47. The van der Waals surface area contributed by atoms with E-state index in [0.29, 0.717) is 5.69 Å².